The van der Waals surface area contributed by atoms with Crippen LogP contribution in [0.1, 0.15) is 38.1 Å². The van der Waals surface area contributed by atoms with Gasteiger partial charge in [0.1, 0.15) is 11.3 Å². The van der Waals surface area contributed by atoms with Crippen molar-refractivity contribution in [2.45, 2.75) is 33.8 Å². The fourth-order valence-corrected chi connectivity index (χ4v) is 1.23. The van der Waals surface area contributed by atoms with Crippen molar-refractivity contribution in [3.05, 3.63) is 29.8 Å². The Balaban J connectivity index is 2.92. The molecule has 0 saturated carbocycles. The first-order chi connectivity index (χ1) is 8.41. The average Bonchev–Trinajstić information content (AvgIpc) is 2.28. The van der Waals surface area contributed by atoms with Gasteiger partial charge in [-0.15, -0.1) is 0 Å². The summed E-state index contributed by atoms with van der Waals surface area (Å²) >= 11 is 0. The van der Waals surface area contributed by atoms with Crippen molar-refractivity contribution in [3.63, 3.8) is 0 Å². The number of hydrogen-bond acceptors (Lipinski definition) is 4. The van der Waals surface area contributed by atoms with Crippen molar-refractivity contribution < 1.29 is 19.1 Å². The fraction of sp³-hybridized carbons (Fsp3) is 0.429. The molecular weight excluding hydrogens is 232 g/mol. The summed E-state index contributed by atoms with van der Waals surface area (Å²) < 4.78 is 10.3. The highest BCUT2D eigenvalue weighted by Gasteiger charge is 2.18. The van der Waals surface area contributed by atoms with Crippen LogP contribution in [0.15, 0.2) is 24.3 Å². The van der Waals surface area contributed by atoms with Crippen LogP contribution in [0.25, 0.3) is 0 Å². The van der Waals surface area contributed by atoms with Crippen LogP contribution in [0.3, 0.4) is 0 Å². The summed E-state index contributed by atoms with van der Waals surface area (Å²) in [6.07, 6.45) is -0.216. The van der Waals surface area contributed by atoms with E-state index >= 15 is 0 Å². The maximum Gasteiger partial charge on any atom is 0.342 e. The van der Waals surface area contributed by atoms with E-state index in [1.165, 1.54) is 0 Å². The van der Waals surface area contributed by atoms with Crippen molar-refractivity contribution in [1.29, 1.82) is 0 Å². The van der Waals surface area contributed by atoms with Crippen LogP contribution < -0.4 is 4.74 Å². The minimum absolute atomic E-state index is 0.216. The molecule has 0 radical (unpaired) electrons. The molecule has 0 bridgehead atoms. The first-order valence-electron chi connectivity index (χ1n) is 5.93. The van der Waals surface area contributed by atoms with E-state index in [9.17, 15) is 9.59 Å². The van der Waals surface area contributed by atoms with Crippen molar-refractivity contribution in [3.8, 4) is 5.75 Å². The second-order valence-corrected chi connectivity index (χ2v) is 4.53. The zero-order chi connectivity index (χ0) is 13.7. The van der Waals surface area contributed by atoms with E-state index in [2.05, 4.69) is 0 Å². The number of ether oxygens (including phenoxy) is 2. The zero-order valence-electron chi connectivity index (χ0n) is 11.1. The lowest BCUT2D eigenvalue weighted by atomic mass is 10.2. The number of carbonyl (C=O) groups excluding carboxylic acids is 2. The molecule has 1 rings (SSSR count). The lowest BCUT2D eigenvalue weighted by molar-refractivity contribution is -0.137. The Labute approximate surface area is 107 Å². The molecule has 0 aliphatic carbocycles. The van der Waals surface area contributed by atoms with Gasteiger partial charge in [-0.1, -0.05) is 26.0 Å². The molecule has 0 atom stereocenters. The van der Waals surface area contributed by atoms with E-state index in [1.54, 1.807) is 52.0 Å². The maximum atomic E-state index is 11.8. The summed E-state index contributed by atoms with van der Waals surface area (Å²) in [5.74, 6) is -0.877. The minimum Gasteiger partial charge on any atom is -0.459 e. The van der Waals surface area contributed by atoms with Gasteiger partial charge >= 0.3 is 11.9 Å². The van der Waals surface area contributed by atoms with Gasteiger partial charge in [-0.05, 0) is 26.0 Å². The van der Waals surface area contributed by atoms with Gasteiger partial charge in [-0.2, -0.15) is 0 Å². The van der Waals surface area contributed by atoms with Gasteiger partial charge in [0.15, 0.2) is 0 Å². The van der Waals surface area contributed by atoms with Gasteiger partial charge in [0, 0.05) is 0 Å². The van der Waals surface area contributed by atoms with Crippen LogP contribution in [0.2, 0.25) is 0 Å². The van der Waals surface area contributed by atoms with E-state index < -0.39 is 5.97 Å². The van der Waals surface area contributed by atoms with Crippen LogP contribution in [-0.4, -0.2) is 18.0 Å². The van der Waals surface area contributed by atoms with Gasteiger partial charge in [-0.25, -0.2) is 4.79 Å². The Morgan fingerprint density at radius 3 is 2.22 bits per heavy atom. The lowest BCUT2D eigenvalue weighted by Crippen LogP contribution is -2.18. The molecule has 0 unspecified atom stereocenters. The monoisotopic (exact) mass is 250 g/mol. The first-order valence-corrected chi connectivity index (χ1v) is 5.93. The molecule has 1 aromatic carbocycles. The van der Waals surface area contributed by atoms with Crippen molar-refractivity contribution in [2.75, 3.05) is 0 Å². The van der Waals surface area contributed by atoms with Gasteiger partial charge in [0.2, 0.25) is 0 Å². The van der Waals surface area contributed by atoms with Gasteiger partial charge in [-0.3, -0.25) is 4.79 Å². The first kappa shape index (κ1) is 14.2. The predicted molar refractivity (Wildman–Crippen MR) is 67.5 cm³/mol. The fourth-order valence-electron chi connectivity index (χ4n) is 1.23. The summed E-state index contributed by atoms with van der Waals surface area (Å²) in [6, 6.07) is 6.56. The molecule has 0 saturated heterocycles. The summed E-state index contributed by atoms with van der Waals surface area (Å²) in [4.78, 5) is 23.3. The van der Waals surface area contributed by atoms with Crippen LogP contribution in [0, 0.1) is 5.92 Å². The van der Waals surface area contributed by atoms with E-state index in [4.69, 9.17) is 9.47 Å². The second-order valence-electron chi connectivity index (χ2n) is 4.53. The molecule has 98 valence electrons. The molecule has 0 amide bonds. The topological polar surface area (TPSA) is 52.6 Å². The Morgan fingerprint density at radius 1 is 1.06 bits per heavy atom. The van der Waals surface area contributed by atoms with Gasteiger partial charge < -0.3 is 9.47 Å². The molecule has 0 aliphatic rings. The normalized spacial score (nSPS) is 10.6. The van der Waals surface area contributed by atoms with Crippen LogP contribution in [0.4, 0.5) is 0 Å². The Bertz CT molecular complexity index is 435. The molecule has 0 N–H and O–H groups in total. The lowest BCUT2D eigenvalue weighted by Gasteiger charge is -2.12. The van der Waals surface area contributed by atoms with Crippen LogP contribution in [-0.2, 0) is 9.53 Å². The second kappa shape index (κ2) is 6.19. The highest BCUT2D eigenvalue weighted by Crippen LogP contribution is 2.20. The summed E-state index contributed by atoms with van der Waals surface area (Å²) in [5, 5.41) is 0. The predicted octanol–water partition coefficient (Wildman–Crippen LogP) is 2.81. The van der Waals surface area contributed by atoms with E-state index in [0.29, 0.717) is 0 Å². The third kappa shape index (κ3) is 3.87. The molecule has 18 heavy (non-hydrogen) atoms. The number of hydrogen-bond donors (Lipinski definition) is 0. The minimum atomic E-state index is -0.489. The average molecular weight is 250 g/mol. The highest BCUT2D eigenvalue weighted by atomic mass is 16.6. The van der Waals surface area contributed by atoms with Crippen LogP contribution in [0.5, 0.6) is 5.75 Å². The van der Waals surface area contributed by atoms with Crippen molar-refractivity contribution >= 4 is 11.9 Å². The number of benzene rings is 1. The Morgan fingerprint density at radius 2 is 1.67 bits per heavy atom. The smallest absolute Gasteiger partial charge is 0.342 e. The number of para-hydroxylation sites is 1. The molecule has 0 aliphatic heterocycles. The summed E-state index contributed by atoms with van der Waals surface area (Å²) in [7, 11) is 0. The standard InChI is InChI=1S/C14H18O4/c1-9(2)13(15)18-12-8-6-5-7-11(12)14(16)17-10(3)4/h5-10H,1-4H3. The maximum absolute atomic E-state index is 11.8. The Hall–Kier alpha value is -1.84. The largest absolute Gasteiger partial charge is 0.459 e. The zero-order valence-corrected chi connectivity index (χ0v) is 11.1. The summed E-state index contributed by atoms with van der Waals surface area (Å²) in [6.45, 7) is 7.00. The SMILES string of the molecule is CC(C)OC(=O)c1ccccc1OC(=O)C(C)C. The van der Waals surface area contributed by atoms with Gasteiger partial charge in [0.05, 0.1) is 12.0 Å². The quantitative estimate of drug-likeness (QED) is 0.609. The van der Waals surface area contributed by atoms with E-state index in [1.807, 2.05) is 0 Å². The molecule has 0 spiro atoms. The highest BCUT2D eigenvalue weighted by molar-refractivity contribution is 5.93. The third-order valence-electron chi connectivity index (χ3n) is 2.13. The van der Waals surface area contributed by atoms with E-state index in [-0.39, 0.29) is 29.3 Å². The van der Waals surface area contributed by atoms with Crippen LogP contribution >= 0.6 is 0 Å². The van der Waals surface area contributed by atoms with E-state index in [0.717, 1.165) is 0 Å². The molecule has 0 heterocycles. The number of carbonyl (C=O) groups is 2. The molecule has 0 aromatic heterocycles. The molecule has 4 nitrogen and oxygen atoms in total. The summed E-state index contributed by atoms with van der Waals surface area (Å²) in [5.41, 5.74) is 0.264. The van der Waals surface area contributed by atoms with Crippen molar-refractivity contribution in [1.82, 2.24) is 0 Å². The Kier molecular flexibility index (Phi) is 4.89. The molecule has 0 fully saturated rings. The molecule has 1 aromatic rings. The molecule has 4 heteroatoms. The van der Waals surface area contributed by atoms with Gasteiger partial charge in [0.25, 0.3) is 0 Å². The molecular formula is C14H18O4. The number of esters is 2. The van der Waals surface area contributed by atoms with Crippen molar-refractivity contribution in [2.24, 2.45) is 5.92 Å². The third-order valence-corrected chi connectivity index (χ3v) is 2.13. The number of rotatable bonds is 4.